The molecule has 0 fully saturated rings. The molecule has 0 amide bonds. The number of carbonyl (C=O) groups excluding carboxylic acids is 1. The zero-order chi connectivity index (χ0) is 15.9. The third-order valence-electron chi connectivity index (χ3n) is 3.25. The van der Waals surface area contributed by atoms with Crippen molar-refractivity contribution in [2.45, 2.75) is 13.5 Å². The average Bonchev–Trinajstić information content (AvgIpc) is 2.53. The lowest BCUT2D eigenvalue weighted by Crippen LogP contribution is -2.01. The Morgan fingerprint density at radius 2 is 2.00 bits per heavy atom. The second-order valence-corrected chi connectivity index (χ2v) is 4.80. The fourth-order valence-electron chi connectivity index (χ4n) is 1.93. The molecule has 0 saturated carbocycles. The Morgan fingerprint density at radius 1 is 1.23 bits per heavy atom. The van der Waals surface area contributed by atoms with E-state index in [0.29, 0.717) is 5.75 Å². The van der Waals surface area contributed by atoms with Crippen molar-refractivity contribution < 1.29 is 19.4 Å². The number of ether oxygens (including phenoxy) is 2. The van der Waals surface area contributed by atoms with E-state index in [1.165, 1.54) is 19.3 Å². The van der Waals surface area contributed by atoms with Crippen LogP contribution in [0.5, 0.6) is 11.5 Å². The maximum absolute atomic E-state index is 11.7. The molecule has 4 nitrogen and oxygen atoms in total. The first-order valence-corrected chi connectivity index (χ1v) is 6.86. The van der Waals surface area contributed by atoms with Crippen LogP contribution in [0.25, 0.3) is 6.08 Å². The minimum Gasteiger partial charge on any atom is -0.504 e. The van der Waals surface area contributed by atoms with Crippen molar-refractivity contribution in [3.63, 3.8) is 0 Å². The molecule has 1 N–H and O–H groups in total. The lowest BCUT2D eigenvalue weighted by atomic mass is 10.1. The molecule has 114 valence electrons. The molecule has 4 heteroatoms. The Morgan fingerprint density at radius 3 is 2.73 bits per heavy atom. The van der Waals surface area contributed by atoms with Crippen LogP contribution in [0.1, 0.15) is 16.7 Å². The second-order valence-electron chi connectivity index (χ2n) is 4.80. The number of aryl methyl sites for hydroxylation is 1. The van der Waals surface area contributed by atoms with Gasteiger partial charge in [-0.25, -0.2) is 4.79 Å². The zero-order valence-corrected chi connectivity index (χ0v) is 12.6. The number of benzene rings is 2. The molecule has 0 aliphatic rings. The lowest BCUT2D eigenvalue weighted by molar-refractivity contribution is -0.138. The van der Waals surface area contributed by atoms with Gasteiger partial charge in [0.25, 0.3) is 0 Å². The highest BCUT2D eigenvalue weighted by molar-refractivity contribution is 5.87. The lowest BCUT2D eigenvalue weighted by Gasteiger charge is -2.05. The molecule has 0 atom stereocenters. The molecule has 0 aliphatic heterocycles. The van der Waals surface area contributed by atoms with Gasteiger partial charge in [0, 0.05) is 6.08 Å². The van der Waals surface area contributed by atoms with E-state index in [2.05, 4.69) is 0 Å². The summed E-state index contributed by atoms with van der Waals surface area (Å²) in [6, 6.07) is 12.6. The number of methoxy groups -OCH3 is 1. The normalized spacial score (nSPS) is 10.6. The molecule has 22 heavy (non-hydrogen) atoms. The standard InChI is InChI=1S/C18H18O4/c1-13-5-3-4-6-15(13)12-22-18(20)10-8-14-7-9-16(19)17(11-14)21-2/h3-11,19H,12H2,1-2H3/b10-8+. The van der Waals surface area contributed by atoms with Gasteiger partial charge >= 0.3 is 5.97 Å². The smallest absolute Gasteiger partial charge is 0.331 e. The zero-order valence-electron chi connectivity index (χ0n) is 12.6. The summed E-state index contributed by atoms with van der Waals surface area (Å²) in [6.07, 6.45) is 2.96. The highest BCUT2D eigenvalue weighted by Gasteiger charge is 2.03. The predicted molar refractivity (Wildman–Crippen MR) is 84.7 cm³/mol. The first kappa shape index (κ1) is 15.6. The molecule has 0 radical (unpaired) electrons. The third kappa shape index (κ3) is 4.12. The molecule has 0 aromatic heterocycles. The van der Waals surface area contributed by atoms with Crippen LogP contribution >= 0.6 is 0 Å². The van der Waals surface area contributed by atoms with Crippen LogP contribution in [0, 0.1) is 6.92 Å². The Bertz CT molecular complexity index is 689. The highest BCUT2D eigenvalue weighted by atomic mass is 16.5. The predicted octanol–water partition coefficient (Wildman–Crippen LogP) is 3.47. The van der Waals surface area contributed by atoms with Crippen molar-refractivity contribution in [2.75, 3.05) is 7.11 Å². The van der Waals surface area contributed by atoms with Gasteiger partial charge in [-0.1, -0.05) is 30.3 Å². The summed E-state index contributed by atoms with van der Waals surface area (Å²) in [5.41, 5.74) is 2.81. The van der Waals surface area contributed by atoms with Crippen LogP contribution in [0.15, 0.2) is 48.5 Å². The number of hydrogen-bond donors (Lipinski definition) is 1. The van der Waals surface area contributed by atoms with Crippen LogP contribution in [0.3, 0.4) is 0 Å². The van der Waals surface area contributed by atoms with Crippen LogP contribution in [-0.4, -0.2) is 18.2 Å². The summed E-state index contributed by atoms with van der Waals surface area (Å²) < 4.78 is 10.2. The Hall–Kier alpha value is -2.75. The Kier molecular flexibility index (Phi) is 5.20. The van der Waals surface area contributed by atoms with Gasteiger partial charge in [-0.3, -0.25) is 0 Å². The van der Waals surface area contributed by atoms with E-state index in [1.54, 1.807) is 18.2 Å². The summed E-state index contributed by atoms with van der Waals surface area (Å²) in [7, 11) is 1.47. The van der Waals surface area contributed by atoms with Crippen molar-refractivity contribution >= 4 is 12.0 Å². The Labute approximate surface area is 129 Å². The van der Waals surface area contributed by atoms with Crippen LogP contribution < -0.4 is 4.74 Å². The van der Waals surface area contributed by atoms with Crippen LogP contribution in [0.2, 0.25) is 0 Å². The van der Waals surface area contributed by atoms with E-state index >= 15 is 0 Å². The average molecular weight is 298 g/mol. The van der Waals surface area contributed by atoms with Crippen molar-refractivity contribution in [1.29, 1.82) is 0 Å². The van der Waals surface area contributed by atoms with E-state index in [-0.39, 0.29) is 12.4 Å². The number of esters is 1. The molecular weight excluding hydrogens is 280 g/mol. The van der Waals surface area contributed by atoms with Gasteiger partial charge in [0.1, 0.15) is 6.61 Å². The molecule has 2 rings (SSSR count). The fourth-order valence-corrected chi connectivity index (χ4v) is 1.93. The first-order valence-electron chi connectivity index (χ1n) is 6.86. The van der Waals surface area contributed by atoms with Crippen molar-refractivity contribution in [3.05, 3.63) is 65.2 Å². The van der Waals surface area contributed by atoms with Crippen molar-refractivity contribution in [3.8, 4) is 11.5 Å². The van der Waals surface area contributed by atoms with Crippen molar-refractivity contribution in [1.82, 2.24) is 0 Å². The molecule has 0 bridgehead atoms. The highest BCUT2D eigenvalue weighted by Crippen LogP contribution is 2.26. The summed E-state index contributed by atoms with van der Waals surface area (Å²) in [4.78, 5) is 11.7. The summed E-state index contributed by atoms with van der Waals surface area (Å²) >= 11 is 0. The monoisotopic (exact) mass is 298 g/mol. The van der Waals surface area contributed by atoms with Gasteiger partial charge in [0.15, 0.2) is 11.5 Å². The number of rotatable bonds is 5. The topological polar surface area (TPSA) is 55.8 Å². The minimum atomic E-state index is -0.421. The maximum atomic E-state index is 11.7. The quantitative estimate of drug-likeness (QED) is 0.678. The molecule has 2 aromatic rings. The second kappa shape index (κ2) is 7.31. The van der Waals surface area contributed by atoms with E-state index in [4.69, 9.17) is 9.47 Å². The van der Waals surface area contributed by atoms with E-state index in [9.17, 15) is 9.90 Å². The number of carbonyl (C=O) groups is 1. The van der Waals surface area contributed by atoms with Gasteiger partial charge in [0.05, 0.1) is 7.11 Å². The molecule has 0 unspecified atom stereocenters. The van der Waals surface area contributed by atoms with E-state index in [1.807, 2.05) is 31.2 Å². The van der Waals surface area contributed by atoms with Crippen LogP contribution in [-0.2, 0) is 16.1 Å². The Balaban J connectivity index is 1.95. The largest absolute Gasteiger partial charge is 0.504 e. The number of phenolic OH excluding ortho intramolecular Hbond substituents is 1. The summed E-state index contributed by atoms with van der Waals surface area (Å²) in [6.45, 7) is 2.22. The van der Waals surface area contributed by atoms with Gasteiger partial charge < -0.3 is 14.6 Å². The van der Waals surface area contributed by atoms with E-state index < -0.39 is 5.97 Å². The molecule has 2 aromatic carbocycles. The van der Waals surface area contributed by atoms with Gasteiger partial charge in [-0.15, -0.1) is 0 Å². The van der Waals surface area contributed by atoms with Crippen LogP contribution in [0.4, 0.5) is 0 Å². The maximum Gasteiger partial charge on any atom is 0.331 e. The fraction of sp³-hybridized carbons (Fsp3) is 0.167. The van der Waals surface area contributed by atoms with Gasteiger partial charge in [-0.2, -0.15) is 0 Å². The molecular formula is C18H18O4. The summed E-state index contributed by atoms with van der Waals surface area (Å²) in [5, 5.41) is 9.51. The summed E-state index contributed by atoms with van der Waals surface area (Å²) in [5.74, 6) is -0.00694. The minimum absolute atomic E-state index is 0.0572. The first-order chi connectivity index (χ1) is 10.6. The van der Waals surface area contributed by atoms with E-state index in [0.717, 1.165) is 16.7 Å². The number of hydrogen-bond acceptors (Lipinski definition) is 4. The van der Waals surface area contributed by atoms with Crippen molar-refractivity contribution in [2.24, 2.45) is 0 Å². The van der Waals surface area contributed by atoms with Gasteiger partial charge in [-0.05, 0) is 41.8 Å². The molecule has 0 saturated heterocycles. The van der Waals surface area contributed by atoms with Gasteiger partial charge in [0.2, 0.25) is 0 Å². The molecule has 0 spiro atoms. The number of phenols is 1. The third-order valence-corrected chi connectivity index (χ3v) is 3.25. The molecule has 0 aliphatic carbocycles. The molecule has 0 heterocycles. The SMILES string of the molecule is COc1cc(/C=C/C(=O)OCc2ccccc2C)ccc1O. The number of aromatic hydroxyl groups is 1.